The molecule has 0 atom stereocenters. The predicted octanol–water partition coefficient (Wildman–Crippen LogP) is 4.42. The van der Waals surface area contributed by atoms with Gasteiger partial charge in [0.15, 0.2) is 0 Å². The molecular formula is C20H32N2O2. The second kappa shape index (κ2) is 8.86. The van der Waals surface area contributed by atoms with Gasteiger partial charge in [0.1, 0.15) is 5.41 Å². The smallest absolute Gasteiger partial charge is 0.239 e. The first-order valence-corrected chi connectivity index (χ1v) is 8.94. The summed E-state index contributed by atoms with van der Waals surface area (Å²) in [6.45, 7) is 13.1. The van der Waals surface area contributed by atoms with E-state index >= 15 is 0 Å². The Kier molecular flexibility index (Phi) is 7.46. The molecule has 134 valence electrons. The van der Waals surface area contributed by atoms with Crippen molar-refractivity contribution in [2.24, 2.45) is 5.41 Å². The van der Waals surface area contributed by atoms with E-state index in [0.29, 0.717) is 19.0 Å². The molecule has 4 heteroatoms. The molecule has 0 fully saturated rings. The molecule has 0 aliphatic carbocycles. The first-order chi connectivity index (χ1) is 11.2. The van der Waals surface area contributed by atoms with E-state index < -0.39 is 5.41 Å². The van der Waals surface area contributed by atoms with Crippen LogP contribution in [0.3, 0.4) is 0 Å². The number of hydrogen-bond acceptors (Lipinski definition) is 2. The molecule has 0 spiro atoms. The number of carbonyl (C=O) groups is 2. The highest BCUT2D eigenvalue weighted by molar-refractivity contribution is 6.09. The maximum absolute atomic E-state index is 12.8. The Morgan fingerprint density at radius 1 is 1.04 bits per heavy atom. The Morgan fingerprint density at radius 3 is 1.96 bits per heavy atom. The van der Waals surface area contributed by atoms with Gasteiger partial charge in [-0.1, -0.05) is 39.8 Å². The fraction of sp³-hybridized carbons (Fsp3) is 0.600. The summed E-state index contributed by atoms with van der Waals surface area (Å²) in [4.78, 5) is 27.2. The van der Waals surface area contributed by atoms with Gasteiger partial charge in [-0.3, -0.25) is 9.59 Å². The van der Waals surface area contributed by atoms with Crippen LogP contribution in [0.15, 0.2) is 24.3 Å². The lowest BCUT2D eigenvalue weighted by Gasteiger charge is -2.30. The van der Waals surface area contributed by atoms with Gasteiger partial charge in [-0.05, 0) is 50.3 Å². The molecule has 1 aromatic carbocycles. The minimum absolute atomic E-state index is 0.109. The maximum Gasteiger partial charge on any atom is 0.239 e. The van der Waals surface area contributed by atoms with Gasteiger partial charge >= 0.3 is 0 Å². The summed E-state index contributed by atoms with van der Waals surface area (Å²) in [6.07, 6.45) is 1.78. The molecule has 0 bridgehead atoms. The van der Waals surface area contributed by atoms with E-state index in [2.05, 4.69) is 19.2 Å². The van der Waals surface area contributed by atoms with Gasteiger partial charge in [0.25, 0.3) is 0 Å². The highest BCUT2D eigenvalue weighted by Crippen LogP contribution is 2.23. The van der Waals surface area contributed by atoms with E-state index in [0.717, 1.165) is 18.5 Å². The molecule has 0 unspecified atom stereocenters. The van der Waals surface area contributed by atoms with Crippen molar-refractivity contribution in [2.45, 2.75) is 60.3 Å². The topological polar surface area (TPSA) is 49.4 Å². The molecule has 1 aromatic rings. The Morgan fingerprint density at radius 2 is 1.54 bits per heavy atom. The third-order valence-electron chi connectivity index (χ3n) is 4.21. The zero-order valence-corrected chi connectivity index (χ0v) is 16.0. The number of carbonyl (C=O) groups excluding carboxylic acids is 2. The molecule has 1 rings (SSSR count). The Balaban J connectivity index is 2.84. The lowest BCUT2D eigenvalue weighted by Crippen LogP contribution is -2.47. The third kappa shape index (κ3) is 5.08. The molecule has 2 amide bonds. The number of rotatable bonds is 8. The summed E-state index contributed by atoms with van der Waals surface area (Å²) in [5.41, 5.74) is 0.865. The minimum atomic E-state index is -1.08. The lowest BCUT2D eigenvalue weighted by molar-refractivity contribution is -0.146. The second-order valence-electron chi connectivity index (χ2n) is 7.15. The molecule has 0 aliphatic heterocycles. The van der Waals surface area contributed by atoms with Gasteiger partial charge in [-0.15, -0.1) is 0 Å². The molecule has 0 saturated heterocycles. The number of hydrogen-bond donors (Lipinski definition) is 1. The quantitative estimate of drug-likeness (QED) is 0.716. The Hall–Kier alpha value is -1.84. The standard InChI is InChI=1S/C20H32N2O2/c1-7-13-22(14-8-2)19(24)20(5,6)18(23)21-17-11-9-16(10-12-17)15(3)4/h9-12,15H,7-8,13-14H2,1-6H3,(H,21,23). The van der Waals surface area contributed by atoms with E-state index in [1.165, 1.54) is 5.56 Å². The molecule has 24 heavy (non-hydrogen) atoms. The number of nitrogens with zero attached hydrogens (tertiary/aromatic N) is 1. The van der Waals surface area contributed by atoms with Crippen molar-refractivity contribution in [1.29, 1.82) is 0 Å². The van der Waals surface area contributed by atoms with Crippen molar-refractivity contribution in [3.63, 3.8) is 0 Å². The van der Waals surface area contributed by atoms with E-state index in [9.17, 15) is 9.59 Å². The average molecular weight is 332 g/mol. The first-order valence-electron chi connectivity index (χ1n) is 8.94. The van der Waals surface area contributed by atoms with Crippen LogP contribution >= 0.6 is 0 Å². The van der Waals surface area contributed by atoms with Crippen LogP contribution < -0.4 is 5.32 Å². The molecule has 0 heterocycles. The Bertz CT molecular complexity index is 541. The molecule has 0 radical (unpaired) electrons. The van der Waals surface area contributed by atoms with Crippen molar-refractivity contribution >= 4 is 17.5 Å². The first kappa shape index (κ1) is 20.2. The molecule has 0 saturated carbocycles. The molecule has 4 nitrogen and oxygen atoms in total. The van der Waals surface area contributed by atoms with Crippen molar-refractivity contribution in [1.82, 2.24) is 4.90 Å². The number of amides is 2. The van der Waals surface area contributed by atoms with Gasteiger partial charge in [0.05, 0.1) is 0 Å². The van der Waals surface area contributed by atoms with Gasteiger partial charge in [0.2, 0.25) is 11.8 Å². The summed E-state index contributed by atoms with van der Waals surface area (Å²) in [5.74, 6) is 0.0777. The van der Waals surface area contributed by atoms with Gasteiger partial charge < -0.3 is 10.2 Å². The second-order valence-corrected chi connectivity index (χ2v) is 7.15. The van der Waals surface area contributed by atoms with E-state index in [4.69, 9.17) is 0 Å². The zero-order valence-electron chi connectivity index (χ0n) is 16.0. The van der Waals surface area contributed by atoms with Crippen LogP contribution in [0.4, 0.5) is 5.69 Å². The highest BCUT2D eigenvalue weighted by atomic mass is 16.2. The number of anilines is 1. The average Bonchev–Trinajstić information content (AvgIpc) is 2.54. The zero-order chi connectivity index (χ0) is 18.3. The highest BCUT2D eigenvalue weighted by Gasteiger charge is 2.38. The predicted molar refractivity (Wildman–Crippen MR) is 100 cm³/mol. The molecule has 0 aliphatic rings. The SMILES string of the molecule is CCCN(CCC)C(=O)C(C)(C)C(=O)Nc1ccc(C(C)C)cc1. The normalized spacial score (nSPS) is 11.5. The molecule has 1 N–H and O–H groups in total. The minimum Gasteiger partial charge on any atom is -0.342 e. The van der Waals surface area contributed by atoms with Crippen LogP contribution in [0.2, 0.25) is 0 Å². The molecular weight excluding hydrogens is 300 g/mol. The van der Waals surface area contributed by atoms with E-state index in [1.54, 1.807) is 18.7 Å². The molecule has 0 aromatic heterocycles. The van der Waals surface area contributed by atoms with Crippen molar-refractivity contribution < 1.29 is 9.59 Å². The summed E-state index contributed by atoms with van der Waals surface area (Å²) < 4.78 is 0. The summed E-state index contributed by atoms with van der Waals surface area (Å²) >= 11 is 0. The lowest BCUT2D eigenvalue weighted by atomic mass is 9.89. The van der Waals surface area contributed by atoms with E-state index in [-0.39, 0.29) is 11.8 Å². The van der Waals surface area contributed by atoms with Crippen LogP contribution in [0.25, 0.3) is 0 Å². The van der Waals surface area contributed by atoms with Gasteiger partial charge in [-0.25, -0.2) is 0 Å². The largest absolute Gasteiger partial charge is 0.342 e. The number of nitrogens with one attached hydrogen (secondary N) is 1. The van der Waals surface area contributed by atoms with Crippen molar-refractivity contribution in [3.8, 4) is 0 Å². The van der Waals surface area contributed by atoms with Crippen LogP contribution in [0.1, 0.15) is 65.9 Å². The van der Waals surface area contributed by atoms with Crippen molar-refractivity contribution in [2.75, 3.05) is 18.4 Å². The van der Waals surface area contributed by atoms with E-state index in [1.807, 2.05) is 38.1 Å². The third-order valence-corrected chi connectivity index (χ3v) is 4.21. The van der Waals surface area contributed by atoms with Crippen LogP contribution in [-0.2, 0) is 9.59 Å². The van der Waals surface area contributed by atoms with Crippen LogP contribution in [0, 0.1) is 5.41 Å². The van der Waals surface area contributed by atoms with Crippen molar-refractivity contribution in [3.05, 3.63) is 29.8 Å². The number of benzene rings is 1. The van der Waals surface area contributed by atoms with Crippen LogP contribution in [-0.4, -0.2) is 29.8 Å². The summed E-state index contributed by atoms with van der Waals surface area (Å²) in [7, 11) is 0. The van der Waals surface area contributed by atoms with Gasteiger partial charge in [0, 0.05) is 18.8 Å². The fourth-order valence-electron chi connectivity index (χ4n) is 2.59. The fourth-order valence-corrected chi connectivity index (χ4v) is 2.59. The van der Waals surface area contributed by atoms with Gasteiger partial charge in [-0.2, -0.15) is 0 Å². The summed E-state index contributed by atoms with van der Waals surface area (Å²) in [5, 5.41) is 2.88. The Labute approximate surface area is 146 Å². The maximum atomic E-state index is 12.8. The summed E-state index contributed by atoms with van der Waals surface area (Å²) in [6, 6.07) is 7.80. The monoisotopic (exact) mass is 332 g/mol. The van der Waals surface area contributed by atoms with Crippen LogP contribution in [0.5, 0.6) is 0 Å².